The number of phenolic OH excluding ortho intramolecular Hbond substituents is 2. The molecular formula is C17H11F3O5. The van der Waals surface area contributed by atoms with Crippen LogP contribution in [0.5, 0.6) is 17.2 Å². The Balaban J connectivity index is 2.18. The summed E-state index contributed by atoms with van der Waals surface area (Å²) in [5.74, 6) is -1.40. The van der Waals surface area contributed by atoms with E-state index < -0.39 is 28.7 Å². The fourth-order valence-corrected chi connectivity index (χ4v) is 2.39. The summed E-state index contributed by atoms with van der Waals surface area (Å²) in [6, 6.07) is 6.31. The molecule has 0 unspecified atom stereocenters. The van der Waals surface area contributed by atoms with Gasteiger partial charge < -0.3 is 19.4 Å². The van der Waals surface area contributed by atoms with E-state index in [2.05, 4.69) is 0 Å². The highest BCUT2D eigenvalue weighted by molar-refractivity contribution is 5.89. The van der Waals surface area contributed by atoms with Crippen LogP contribution >= 0.6 is 0 Å². The number of phenols is 2. The van der Waals surface area contributed by atoms with Crippen molar-refractivity contribution in [3.05, 3.63) is 52.2 Å². The molecule has 0 spiro atoms. The van der Waals surface area contributed by atoms with Gasteiger partial charge in [-0.15, -0.1) is 0 Å². The second-order valence-electron chi connectivity index (χ2n) is 5.20. The summed E-state index contributed by atoms with van der Waals surface area (Å²) in [5, 5.41) is 19.4. The van der Waals surface area contributed by atoms with Gasteiger partial charge in [0.1, 0.15) is 16.7 Å². The van der Waals surface area contributed by atoms with Crippen LogP contribution in [0.25, 0.3) is 22.3 Å². The average molecular weight is 352 g/mol. The maximum atomic E-state index is 12.6. The zero-order valence-corrected chi connectivity index (χ0v) is 12.7. The Hall–Kier alpha value is -3.16. The van der Waals surface area contributed by atoms with Crippen LogP contribution in [-0.2, 0) is 6.18 Å². The molecule has 1 aromatic heterocycles. The van der Waals surface area contributed by atoms with E-state index in [-0.39, 0.29) is 28.0 Å². The van der Waals surface area contributed by atoms with Gasteiger partial charge in [0.2, 0.25) is 5.75 Å². The highest BCUT2D eigenvalue weighted by atomic mass is 19.4. The number of hydrogen-bond acceptors (Lipinski definition) is 5. The van der Waals surface area contributed by atoms with Crippen molar-refractivity contribution in [2.75, 3.05) is 7.11 Å². The molecule has 0 atom stereocenters. The lowest BCUT2D eigenvalue weighted by Crippen LogP contribution is -2.04. The molecule has 130 valence electrons. The summed E-state index contributed by atoms with van der Waals surface area (Å²) in [5.41, 5.74) is -1.32. The molecule has 8 heteroatoms. The van der Waals surface area contributed by atoms with E-state index in [9.17, 15) is 28.2 Å². The number of benzene rings is 2. The highest BCUT2D eigenvalue weighted by Gasteiger charge is 2.30. The van der Waals surface area contributed by atoms with Crippen molar-refractivity contribution in [2.24, 2.45) is 0 Å². The number of aromatic hydroxyl groups is 2. The van der Waals surface area contributed by atoms with Crippen molar-refractivity contribution in [1.29, 1.82) is 0 Å². The smallest absolute Gasteiger partial charge is 0.416 e. The lowest BCUT2D eigenvalue weighted by Gasteiger charge is -2.10. The van der Waals surface area contributed by atoms with Gasteiger partial charge in [-0.05, 0) is 12.1 Å². The van der Waals surface area contributed by atoms with Gasteiger partial charge in [-0.2, -0.15) is 13.2 Å². The molecule has 0 fully saturated rings. The normalized spacial score (nSPS) is 11.7. The number of rotatable bonds is 2. The summed E-state index contributed by atoms with van der Waals surface area (Å²) in [6.07, 6.45) is -4.47. The SMILES string of the molecule is COc1cc2oc(-c3ccc(C(F)(F)F)cc3)cc(=O)c2c(O)c1O. The Kier molecular flexibility index (Phi) is 3.82. The maximum absolute atomic E-state index is 12.6. The van der Waals surface area contributed by atoms with Crippen LogP contribution in [0.4, 0.5) is 13.2 Å². The van der Waals surface area contributed by atoms with Crippen LogP contribution in [0.3, 0.4) is 0 Å². The van der Waals surface area contributed by atoms with Crippen molar-refractivity contribution in [1.82, 2.24) is 0 Å². The molecule has 5 nitrogen and oxygen atoms in total. The van der Waals surface area contributed by atoms with Crippen LogP contribution in [-0.4, -0.2) is 17.3 Å². The third-order valence-electron chi connectivity index (χ3n) is 3.65. The fourth-order valence-electron chi connectivity index (χ4n) is 2.39. The Morgan fingerprint density at radius 1 is 1.04 bits per heavy atom. The van der Waals surface area contributed by atoms with Gasteiger partial charge >= 0.3 is 6.18 Å². The minimum absolute atomic E-state index is 0.0124. The third kappa shape index (κ3) is 2.86. The van der Waals surface area contributed by atoms with Crippen molar-refractivity contribution in [3.63, 3.8) is 0 Å². The Morgan fingerprint density at radius 2 is 1.68 bits per heavy atom. The molecular weight excluding hydrogens is 341 g/mol. The number of methoxy groups -OCH3 is 1. The highest BCUT2D eigenvalue weighted by Crippen LogP contribution is 2.41. The van der Waals surface area contributed by atoms with Crippen LogP contribution in [0.1, 0.15) is 5.56 Å². The van der Waals surface area contributed by atoms with Crippen molar-refractivity contribution in [3.8, 4) is 28.6 Å². The Bertz CT molecular complexity index is 1000. The average Bonchev–Trinajstić information content (AvgIpc) is 2.56. The summed E-state index contributed by atoms with van der Waals surface area (Å²) in [7, 11) is 1.25. The third-order valence-corrected chi connectivity index (χ3v) is 3.65. The lowest BCUT2D eigenvalue weighted by atomic mass is 10.1. The Labute approximate surface area is 138 Å². The quantitative estimate of drug-likeness (QED) is 0.684. The first-order valence-corrected chi connectivity index (χ1v) is 6.96. The largest absolute Gasteiger partial charge is 0.504 e. The van der Waals surface area contributed by atoms with Crippen LogP contribution in [0.15, 0.2) is 45.6 Å². The zero-order valence-electron chi connectivity index (χ0n) is 12.7. The molecule has 0 saturated carbocycles. The number of halogens is 3. The summed E-state index contributed by atoms with van der Waals surface area (Å²) < 4.78 is 48.2. The van der Waals surface area contributed by atoms with Gasteiger partial charge in [0, 0.05) is 17.7 Å². The minimum atomic E-state index is -4.47. The molecule has 0 aliphatic rings. The van der Waals surface area contributed by atoms with Crippen LogP contribution < -0.4 is 10.2 Å². The van der Waals surface area contributed by atoms with Gasteiger partial charge in [0.05, 0.1) is 12.7 Å². The topological polar surface area (TPSA) is 79.9 Å². The van der Waals surface area contributed by atoms with Gasteiger partial charge in [-0.3, -0.25) is 4.79 Å². The molecule has 3 rings (SSSR count). The van der Waals surface area contributed by atoms with Crippen LogP contribution in [0.2, 0.25) is 0 Å². The van der Waals surface area contributed by atoms with E-state index in [1.165, 1.54) is 25.3 Å². The standard InChI is InChI=1S/C17H11F3O5/c1-24-13-7-12-14(16(23)15(13)22)10(21)6-11(25-12)8-2-4-9(5-3-8)17(18,19)20/h2-7,22-23H,1H3. The van der Waals surface area contributed by atoms with Crippen molar-refractivity contribution >= 4 is 11.0 Å². The molecule has 0 bridgehead atoms. The molecule has 3 aromatic rings. The molecule has 2 aromatic carbocycles. The predicted octanol–water partition coefficient (Wildman–Crippen LogP) is 3.90. The zero-order chi connectivity index (χ0) is 18.4. The van der Waals surface area contributed by atoms with Crippen molar-refractivity contribution < 1.29 is 32.5 Å². The number of ether oxygens (including phenoxy) is 1. The van der Waals surface area contributed by atoms with E-state index >= 15 is 0 Å². The van der Waals surface area contributed by atoms with Gasteiger partial charge in [0.25, 0.3) is 0 Å². The molecule has 2 N–H and O–H groups in total. The molecule has 0 amide bonds. The number of fused-ring (bicyclic) bond motifs is 1. The first-order valence-electron chi connectivity index (χ1n) is 6.96. The van der Waals surface area contributed by atoms with Crippen LogP contribution in [0, 0.1) is 0 Å². The predicted molar refractivity (Wildman–Crippen MR) is 82.8 cm³/mol. The summed E-state index contributed by atoms with van der Waals surface area (Å²) >= 11 is 0. The van der Waals surface area contributed by atoms with Gasteiger partial charge in [-0.25, -0.2) is 0 Å². The first kappa shape index (κ1) is 16.7. The second kappa shape index (κ2) is 5.73. The maximum Gasteiger partial charge on any atom is 0.416 e. The summed E-state index contributed by atoms with van der Waals surface area (Å²) in [4.78, 5) is 12.2. The Morgan fingerprint density at radius 3 is 2.24 bits per heavy atom. The van der Waals surface area contributed by atoms with E-state index in [4.69, 9.17) is 9.15 Å². The molecule has 0 aliphatic carbocycles. The lowest BCUT2D eigenvalue weighted by molar-refractivity contribution is -0.137. The monoisotopic (exact) mass is 352 g/mol. The molecule has 0 saturated heterocycles. The van der Waals surface area contributed by atoms with E-state index in [1.54, 1.807) is 0 Å². The van der Waals surface area contributed by atoms with Gasteiger partial charge in [0.15, 0.2) is 16.9 Å². The summed E-state index contributed by atoms with van der Waals surface area (Å²) in [6.45, 7) is 0. The first-order chi connectivity index (χ1) is 11.7. The van der Waals surface area contributed by atoms with E-state index in [0.717, 1.165) is 18.2 Å². The number of alkyl halides is 3. The van der Waals surface area contributed by atoms with Gasteiger partial charge in [-0.1, -0.05) is 12.1 Å². The van der Waals surface area contributed by atoms with Crippen molar-refractivity contribution in [2.45, 2.75) is 6.18 Å². The second-order valence-corrected chi connectivity index (χ2v) is 5.20. The van der Waals surface area contributed by atoms with E-state index in [0.29, 0.717) is 0 Å². The fraction of sp³-hybridized carbons (Fsp3) is 0.118. The molecule has 25 heavy (non-hydrogen) atoms. The molecule has 0 aliphatic heterocycles. The molecule has 0 radical (unpaired) electrons. The molecule has 1 heterocycles. The van der Waals surface area contributed by atoms with E-state index in [1.807, 2.05) is 0 Å². The number of hydrogen-bond donors (Lipinski definition) is 2. The minimum Gasteiger partial charge on any atom is -0.504 e.